The van der Waals surface area contributed by atoms with E-state index in [1.54, 1.807) is 0 Å². The Bertz CT molecular complexity index is 349. The summed E-state index contributed by atoms with van der Waals surface area (Å²) in [5, 5.41) is -0.335. The van der Waals surface area contributed by atoms with Crippen molar-refractivity contribution >= 4 is 17.0 Å². The summed E-state index contributed by atoms with van der Waals surface area (Å²) in [7, 11) is 0. The van der Waals surface area contributed by atoms with Gasteiger partial charge in [0.15, 0.2) is 0 Å². The molecule has 1 aromatic carbocycles. The molecule has 0 saturated carbocycles. The molecule has 1 amide bonds. The Morgan fingerprint density at radius 2 is 2.08 bits per heavy atom. The largest absolute Gasteiger partial charge is 0.360 e. The van der Waals surface area contributed by atoms with Gasteiger partial charge in [0.1, 0.15) is 0 Å². The minimum Gasteiger partial charge on any atom is -0.360 e. The average Bonchev–Trinajstić information content (AvgIpc) is 2.49. The van der Waals surface area contributed by atoms with E-state index in [4.69, 9.17) is 5.73 Å². The number of thioether (sulfide) groups is 1. The molecule has 3 heteroatoms. The van der Waals surface area contributed by atoms with Gasteiger partial charge in [-0.05, 0) is 54.3 Å². The number of carbonyl (C=O) groups excluding carboxylic acids is 1. The van der Waals surface area contributed by atoms with Gasteiger partial charge < -0.3 is 5.73 Å². The lowest BCUT2D eigenvalue weighted by atomic mass is 10.1. The van der Waals surface area contributed by atoms with E-state index in [2.05, 4.69) is 12.1 Å². The van der Waals surface area contributed by atoms with Crippen LogP contribution in [0.25, 0.3) is 0 Å². The van der Waals surface area contributed by atoms with Crippen LogP contribution in [0.2, 0.25) is 0 Å². The number of amides is 1. The maximum Gasteiger partial charge on any atom is 0.281 e. The van der Waals surface area contributed by atoms with Crippen molar-refractivity contribution in [2.45, 2.75) is 24.2 Å². The third-order valence-electron chi connectivity index (χ3n) is 2.29. The normalized spacial score (nSPS) is 14.2. The van der Waals surface area contributed by atoms with Gasteiger partial charge in [-0.1, -0.05) is 6.07 Å². The molecule has 0 heterocycles. The lowest BCUT2D eigenvalue weighted by molar-refractivity contribution is 0.267. The van der Waals surface area contributed by atoms with Crippen LogP contribution in [0.4, 0.5) is 4.79 Å². The molecule has 0 unspecified atom stereocenters. The highest BCUT2D eigenvalue weighted by Gasteiger charge is 2.11. The number of hydrogen-bond donors (Lipinski definition) is 1. The molecule has 0 atom stereocenters. The molecule has 0 radical (unpaired) electrons. The zero-order chi connectivity index (χ0) is 9.26. The lowest BCUT2D eigenvalue weighted by Gasteiger charge is -2.01. The SMILES string of the molecule is NC(=O)Sc1ccc2c(c1)CCC2. The van der Waals surface area contributed by atoms with Gasteiger partial charge in [0.25, 0.3) is 5.24 Å². The zero-order valence-corrected chi connectivity index (χ0v) is 8.06. The highest BCUT2D eigenvalue weighted by Crippen LogP contribution is 2.27. The smallest absolute Gasteiger partial charge is 0.281 e. The van der Waals surface area contributed by atoms with Gasteiger partial charge >= 0.3 is 0 Å². The molecule has 1 aliphatic carbocycles. The third-order valence-corrected chi connectivity index (χ3v) is 2.98. The van der Waals surface area contributed by atoms with Crippen molar-refractivity contribution in [3.8, 4) is 0 Å². The van der Waals surface area contributed by atoms with Crippen LogP contribution in [0.5, 0.6) is 0 Å². The minimum atomic E-state index is -0.335. The van der Waals surface area contributed by atoms with Crippen molar-refractivity contribution in [2.75, 3.05) is 0 Å². The molecule has 2 nitrogen and oxygen atoms in total. The van der Waals surface area contributed by atoms with Crippen molar-refractivity contribution in [1.82, 2.24) is 0 Å². The first kappa shape index (κ1) is 8.63. The van der Waals surface area contributed by atoms with Crippen molar-refractivity contribution in [3.05, 3.63) is 29.3 Å². The molecule has 13 heavy (non-hydrogen) atoms. The van der Waals surface area contributed by atoms with Gasteiger partial charge in [0, 0.05) is 4.90 Å². The summed E-state index contributed by atoms with van der Waals surface area (Å²) in [6.07, 6.45) is 3.55. The predicted octanol–water partition coefficient (Wildman–Crippen LogP) is 2.35. The summed E-state index contributed by atoms with van der Waals surface area (Å²) < 4.78 is 0. The van der Waals surface area contributed by atoms with Crippen molar-refractivity contribution in [3.63, 3.8) is 0 Å². The van der Waals surface area contributed by atoms with Gasteiger partial charge in [-0.25, -0.2) is 0 Å². The molecule has 0 aliphatic heterocycles. The van der Waals surface area contributed by atoms with Gasteiger partial charge in [0.05, 0.1) is 0 Å². The van der Waals surface area contributed by atoms with Crippen molar-refractivity contribution < 1.29 is 4.79 Å². The molecule has 2 rings (SSSR count). The highest BCUT2D eigenvalue weighted by molar-refractivity contribution is 8.13. The predicted molar refractivity (Wildman–Crippen MR) is 53.9 cm³/mol. The third kappa shape index (κ3) is 1.86. The van der Waals surface area contributed by atoms with Crippen LogP contribution >= 0.6 is 11.8 Å². The van der Waals surface area contributed by atoms with Crippen LogP contribution in [-0.2, 0) is 12.8 Å². The Kier molecular flexibility index (Phi) is 2.27. The van der Waals surface area contributed by atoms with E-state index < -0.39 is 0 Å². The molecule has 0 aromatic heterocycles. The Labute approximate surface area is 81.5 Å². The van der Waals surface area contributed by atoms with E-state index in [0.29, 0.717) is 0 Å². The topological polar surface area (TPSA) is 43.1 Å². The number of rotatable bonds is 1. The van der Waals surface area contributed by atoms with Crippen LogP contribution in [-0.4, -0.2) is 5.24 Å². The van der Waals surface area contributed by atoms with Crippen LogP contribution in [0, 0.1) is 0 Å². The van der Waals surface area contributed by atoms with E-state index in [1.165, 1.54) is 24.0 Å². The summed E-state index contributed by atoms with van der Waals surface area (Å²) in [5.74, 6) is 0. The standard InChI is InChI=1S/C10H11NOS/c11-10(12)13-9-5-4-7-2-1-3-8(7)6-9/h4-6H,1-3H2,(H2,11,12). The summed E-state index contributed by atoms with van der Waals surface area (Å²) in [6, 6.07) is 6.16. The second kappa shape index (κ2) is 3.42. The number of aryl methyl sites for hydroxylation is 2. The molecule has 1 aromatic rings. The fourth-order valence-electron chi connectivity index (χ4n) is 1.73. The Morgan fingerprint density at radius 3 is 2.85 bits per heavy atom. The average molecular weight is 193 g/mol. The van der Waals surface area contributed by atoms with E-state index in [9.17, 15) is 4.79 Å². The molecular weight excluding hydrogens is 182 g/mol. The van der Waals surface area contributed by atoms with Gasteiger partial charge in [-0.2, -0.15) is 0 Å². The summed E-state index contributed by atoms with van der Waals surface area (Å²) in [6.45, 7) is 0. The molecular formula is C10H11NOS. The van der Waals surface area contributed by atoms with Gasteiger partial charge in [-0.15, -0.1) is 0 Å². The number of benzene rings is 1. The lowest BCUT2D eigenvalue weighted by Crippen LogP contribution is -2.01. The van der Waals surface area contributed by atoms with Crippen molar-refractivity contribution in [1.29, 1.82) is 0 Å². The summed E-state index contributed by atoms with van der Waals surface area (Å²) in [4.78, 5) is 11.6. The first-order chi connectivity index (χ1) is 6.25. The Hall–Kier alpha value is -0.960. The second-order valence-corrected chi connectivity index (χ2v) is 4.28. The molecule has 68 valence electrons. The molecule has 0 spiro atoms. The fraction of sp³-hybridized carbons (Fsp3) is 0.300. The summed E-state index contributed by atoms with van der Waals surface area (Å²) in [5.41, 5.74) is 7.90. The first-order valence-corrected chi connectivity index (χ1v) is 5.16. The second-order valence-electron chi connectivity index (χ2n) is 3.21. The maximum atomic E-state index is 10.7. The number of hydrogen-bond acceptors (Lipinski definition) is 2. The van der Waals surface area contributed by atoms with Crippen LogP contribution in [0.15, 0.2) is 23.1 Å². The summed E-state index contributed by atoms with van der Waals surface area (Å²) >= 11 is 1.10. The monoisotopic (exact) mass is 193 g/mol. The quantitative estimate of drug-likeness (QED) is 0.696. The van der Waals surface area contributed by atoms with E-state index in [-0.39, 0.29) is 5.24 Å². The molecule has 0 fully saturated rings. The Morgan fingerprint density at radius 1 is 1.31 bits per heavy atom. The van der Waals surface area contributed by atoms with Crippen LogP contribution in [0.1, 0.15) is 17.5 Å². The van der Waals surface area contributed by atoms with Crippen molar-refractivity contribution in [2.24, 2.45) is 5.73 Å². The Balaban J connectivity index is 2.25. The maximum absolute atomic E-state index is 10.7. The highest BCUT2D eigenvalue weighted by atomic mass is 32.2. The molecule has 0 saturated heterocycles. The van der Waals surface area contributed by atoms with Crippen LogP contribution < -0.4 is 5.73 Å². The molecule has 0 bridgehead atoms. The molecule has 2 N–H and O–H groups in total. The minimum absolute atomic E-state index is 0.335. The van der Waals surface area contributed by atoms with E-state index in [1.807, 2.05) is 6.07 Å². The number of fused-ring (bicyclic) bond motifs is 1. The zero-order valence-electron chi connectivity index (χ0n) is 7.25. The number of primary amides is 1. The first-order valence-electron chi connectivity index (χ1n) is 4.35. The van der Waals surface area contributed by atoms with Gasteiger partial charge in [0.2, 0.25) is 0 Å². The molecule has 1 aliphatic rings. The van der Waals surface area contributed by atoms with Gasteiger partial charge in [-0.3, -0.25) is 4.79 Å². The fourth-order valence-corrected chi connectivity index (χ4v) is 2.30. The van der Waals surface area contributed by atoms with E-state index >= 15 is 0 Å². The van der Waals surface area contributed by atoms with E-state index in [0.717, 1.165) is 23.1 Å². The van der Waals surface area contributed by atoms with Crippen LogP contribution in [0.3, 0.4) is 0 Å². The number of carbonyl (C=O) groups is 1. The number of nitrogens with two attached hydrogens (primary N) is 1.